The van der Waals surface area contributed by atoms with E-state index in [1.165, 1.54) is 13.0 Å². The molecule has 0 bridgehead atoms. The van der Waals surface area contributed by atoms with Gasteiger partial charge in [0.25, 0.3) is 0 Å². The Morgan fingerprint density at radius 1 is 1.12 bits per heavy atom. The number of carboxylic acids is 1. The molecule has 1 heterocycles. The first kappa shape index (κ1) is 15.8. The predicted molar refractivity (Wildman–Crippen MR) is 89.9 cm³/mol. The van der Waals surface area contributed by atoms with Crippen molar-refractivity contribution in [3.8, 4) is 17.1 Å². The van der Waals surface area contributed by atoms with Gasteiger partial charge in [0.15, 0.2) is 5.78 Å². The number of carbonyl (C=O) groups is 2. The number of Topliss-reactive ketones (excluding diaryl/α,β-unsaturated/α-hetero) is 1. The first-order valence-corrected chi connectivity index (χ1v) is 7.37. The van der Waals surface area contributed by atoms with E-state index in [0.717, 1.165) is 16.7 Å². The summed E-state index contributed by atoms with van der Waals surface area (Å²) in [5.74, 6) is -0.123. The number of ether oxygens (including phenoxy) is 1. The molecule has 0 saturated carbocycles. The van der Waals surface area contributed by atoms with Crippen molar-refractivity contribution in [3.05, 3.63) is 53.1 Å². The molecule has 0 atom stereocenters. The molecule has 24 heavy (non-hydrogen) atoms. The molecular formula is C19H16O5. The van der Waals surface area contributed by atoms with E-state index < -0.39 is 5.97 Å². The summed E-state index contributed by atoms with van der Waals surface area (Å²) in [6, 6.07) is 10.0. The minimum Gasteiger partial charge on any atom is -0.496 e. The number of aromatic carboxylic acids is 1. The second kappa shape index (κ2) is 5.85. The van der Waals surface area contributed by atoms with Crippen molar-refractivity contribution < 1.29 is 23.8 Å². The molecule has 3 aromatic rings. The summed E-state index contributed by atoms with van der Waals surface area (Å²) < 4.78 is 11.1. The maximum absolute atomic E-state index is 11.6. The van der Waals surface area contributed by atoms with Gasteiger partial charge in [0, 0.05) is 16.5 Å². The van der Waals surface area contributed by atoms with Gasteiger partial charge in [0.05, 0.1) is 12.7 Å². The summed E-state index contributed by atoms with van der Waals surface area (Å²) in [4.78, 5) is 23.1. The molecule has 0 radical (unpaired) electrons. The number of benzene rings is 2. The number of hydrogen-bond donors (Lipinski definition) is 1. The zero-order chi connectivity index (χ0) is 17.4. The molecule has 0 unspecified atom stereocenters. The van der Waals surface area contributed by atoms with Crippen LogP contribution in [0.4, 0.5) is 0 Å². The maximum Gasteiger partial charge on any atom is 0.336 e. The summed E-state index contributed by atoms with van der Waals surface area (Å²) in [5.41, 5.74) is 2.39. The predicted octanol–water partition coefficient (Wildman–Crippen LogP) is 4.32. The van der Waals surface area contributed by atoms with E-state index in [1.807, 2.05) is 19.1 Å². The molecule has 122 valence electrons. The standard InChI is InChI=1S/C19H16O5/c1-10-6-17-13(8-16(10)23-3)9-18(24-17)14-5-4-12(11(2)20)7-15(14)19(21)22/h4-9H,1-3H3,(H,21,22). The molecular weight excluding hydrogens is 308 g/mol. The largest absolute Gasteiger partial charge is 0.496 e. The minimum atomic E-state index is -1.11. The van der Waals surface area contributed by atoms with Crippen LogP contribution in [-0.2, 0) is 0 Å². The van der Waals surface area contributed by atoms with Crippen LogP contribution in [0, 0.1) is 6.92 Å². The Bertz CT molecular complexity index is 965. The lowest BCUT2D eigenvalue weighted by Gasteiger charge is -2.05. The van der Waals surface area contributed by atoms with Gasteiger partial charge >= 0.3 is 5.97 Å². The Balaban J connectivity index is 2.19. The second-order valence-corrected chi connectivity index (χ2v) is 5.59. The summed E-state index contributed by atoms with van der Waals surface area (Å²) in [6.07, 6.45) is 0. The van der Waals surface area contributed by atoms with Gasteiger partial charge in [-0.25, -0.2) is 4.79 Å². The molecule has 0 aliphatic carbocycles. The first-order valence-electron chi connectivity index (χ1n) is 7.37. The van der Waals surface area contributed by atoms with Crippen LogP contribution in [-0.4, -0.2) is 24.0 Å². The van der Waals surface area contributed by atoms with E-state index in [2.05, 4.69) is 0 Å². The van der Waals surface area contributed by atoms with E-state index in [4.69, 9.17) is 9.15 Å². The normalized spacial score (nSPS) is 10.8. The third-order valence-electron chi connectivity index (χ3n) is 3.96. The van der Waals surface area contributed by atoms with Gasteiger partial charge in [-0.15, -0.1) is 0 Å². The van der Waals surface area contributed by atoms with Gasteiger partial charge in [0.2, 0.25) is 0 Å². The van der Waals surface area contributed by atoms with Crippen molar-refractivity contribution in [2.24, 2.45) is 0 Å². The summed E-state index contributed by atoms with van der Waals surface area (Å²) >= 11 is 0. The first-order chi connectivity index (χ1) is 11.4. The molecule has 5 heteroatoms. The van der Waals surface area contributed by atoms with E-state index in [1.54, 1.807) is 25.3 Å². The third-order valence-corrected chi connectivity index (χ3v) is 3.96. The Morgan fingerprint density at radius 3 is 2.50 bits per heavy atom. The van der Waals surface area contributed by atoms with Crippen molar-refractivity contribution in [3.63, 3.8) is 0 Å². The molecule has 1 N–H and O–H groups in total. The molecule has 1 aromatic heterocycles. The number of rotatable bonds is 4. The lowest BCUT2D eigenvalue weighted by Crippen LogP contribution is -2.02. The number of aryl methyl sites for hydroxylation is 1. The van der Waals surface area contributed by atoms with Crippen LogP contribution in [0.5, 0.6) is 5.75 Å². The van der Waals surface area contributed by atoms with E-state index in [9.17, 15) is 14.7 Å². The smallest absolute Gasteiger partial charge is 0.336 e. The highest BCUT2D eigenvalue weighted by Gasteiger charge is 2.18. The van der Waals surface area contributed by atoms with Crippen molar-refractivity contribution >= 4 is 22.7 Å². The summed E-state index contributed by atoms with van der Waals surface area (Å²) in [6.45, 7) is 3.31. The molecule has 0 aliphatic heterocycles. The minimum absolute atomic E-state index is 0.0328. The lowest BCUT2D eigenvalue weighted by molar-refractivity contribution is 0.0697. The van der Waals surface area contributed by atoms with Crippen molar-refractivity contribution in [1.82, 2.24) is 0 Å². The van der Waals surface area contributed by atoms with E-state index >= 15 is 0 Å². The van der Waals surface area contributed by atoms with Crippen molar-refractivity contribution in [2.45, 2.75) is 13.8 Å². The third kappa shape index (κ3) is 2.65. The Morgan fingerprint density at radius 2 is 1.88 bits per heavy atom. The van der Waals surface area contributed by atoms with E-state index in [0.29, 0.717) is 22.5 Å². The van der Waals surface area contributed by atoms with Gasteiger partial charge in [-0.1, -0.05) is 6.07 Å². The van der Waals surface area contributed by atoms with Gasteiger partial charge < -0.3 is 14.3 Å². The van der Waals surface area contributed by atoms with Gasteiger partial charge in [0.1, 0.15) is 17.1 Å². The number of methoxy groups -OCH3 is 1. The molecule has 0 aliphatic rings. The Labute approximate surface area is 138 Å². The average Bonchev–Trinajstić information content (AvgIpc) is 2.95. The van der Waals surface area contributed by atoms with Gasteiger partial charge in [-0.05, 0) is 49.7 Å². The number of ketones is 1. The highest BCUT2D eigenvalue weighted by Crippen LogP contribution is 2.34. The molecule has 0 fully saturated rings. The van der Waals surface area contributed by atoms with Crippen LogP contribution in [0.15, 0.2) is 40.8 Å². The van der Waals surface area contributed by atoms with Crippen LogP contribution in [0.1, 0.15) is 33.2 Å². The zero-order valence-corrected chi connectivity index (χ0v) is 13.5. The fraction of sp³-hybridized carbons (Fsp3) is 0.158. The van der Waals surface area contributed by atoms with Gasteiger partial charge in [-0.3, -0.25) is 4.79 Å². The topological polar surface area (TPSA) is 76.7 Å². The quantitative estimate of drug-likeness (QED) is 0.723. The fourth-order valence-corrected chi connectivity index (χ4v) is 2.68. The lowest BCUT2D eigenvalue weighted by atomic mass is 10.00. The van der Waals surface area contributed by atoms with Crippen LogP contribution in [0.2, 0.25) is 0 Å². The zero-order valence-electron chi connectivity index (χ0n) is 13.5. The number of furan rings is 1. The Kier molecular flexibility index (Phi) is 3.85. The Hall–Kier alpha value is -3.08. The summed E-state index contributed by atoms with van der Waals surface area (Å²) in [7, 11) is 1.60. The van der Waals surface area contributed by atoms with Crippen LogP contribution >= 0.6 is 0 Å². The molecule has 0 spiro atoms. The number of carboxylic acid groups (broad SMARTS) is 1. The number of carbonyl (C=O) groups excluding carboxylic acids is 1. The molecule has 0 saturated heterocycles. The van der Waals surface area contributed by atoms with Gasteiger partial charge in [-0.2, -0.15) is 0 Å². The number of fused-ring (bicyclic) bond motifs is 1. The highest BCUT2D eigenvalue weighted by molar-refractivity contribution is 6.01. The van der Waals surface area contributed by atoms with Crippen molar-refractivity contribution in [1.29, 1.82) is 0 Å². The van der Waals surface area contributed by atoms with E-state index in [-0.39, 0.29) is 11.3 Å². The molecule has 5 nitrogen and oxygen atoms in total. The highest BCUT2D eigenvalue weighted by atomic mass is 16.5. The maximum atomic E-state index is 11.6. The van der Waals surface area contributed by atoms with Crippen LogP contribution < -0.4 is 4.74 Å². The molecule has 0 amide bonds. The van der Waals surface area contributed by atoms with Crippen molar-refractivity contribution in [2.75, 3.05) is 7.11 Å². The monoisotopic (exact) mass is 324 g/mol. The molecule has 2 aromatic carbocycles. The summed E-state index contributed by atoms with van der Waals surface area (Å²) in [5, 5.41) is 10.3. The molecule has 3 rings (SSSR count). The second-order valence-electron chi connectivity index (χ2n) is 5.59. The fourth-order valence-electron chi connectivity index (χ4n) is 2.68. The van der Waals surface area contributed by atoms with Crippen LogP contribution in [0.25, 0.3) is 22.3 Å². The number of hydrogen-bond acceptors (Lipinski definition) is 4. The van der Waals surface area contributed by atoms with Crippen LogP contribution in [0.3, 0.4) is 0 Å². The average molecular weight is 324 g/mol. The SMILES string of the molecule is COc1cc2cc(-c3ccc(C(C)=O)cc3C(=O)O)oc2cc1C.